The smallest absolute Gasteiger partial charge is 0.0581 e. The van der Waals surface area contributed by atoms with Crippen LogP contribution in [0.3, 0.4) is 0 Å². The molecule has 3 atom stereocenters. The first-order valence-electron chi connectivity index (χ1n) is 3.19. The van der Waals surface area contributed by atoms with E-state index in [2.05, 4.69) is 0 Å². The predicted octanol–water partition coefficient (Wildman–Crippen LogP) is 0.104. The summed E-state index contributed by atoms with van der Waals surface area (Å²) in [6.07, 6.45) is 1.73. The Hall–Kier alpha value is -0.0800. The molecule has 1 saturated carbocycles. The van der Waals surface area contributed by atoms with E-state index in [1.54, 1.807) is 0 Å². The Morgan fingerprint density at radius 3 is 2.50 bits per heavy atom. The zero-order chi connectivity index (χ0) is 6.15. The van der Waals surface area contributed by atoms with Crippen LogP contribution < -0.4 is 5.73 Å². The molecule has 0 bridgehead atoms. The second-order valence-electron chi connectivity index (χ2n) is 2.54. The van der Waals surface area contributed by atoms with Crippen molar-refractivity contribution in [2.45, 2.75) is 31.9 Å². The third-order valence-electron chi connectivity index (χ3n) is 1.80. The van der Waals surface area contributed by atoms with Gasteiger partial charge >= 0.3 is 0 Å². The summed E-state index contributed by atoms with van der Waals surface area (Å²) in [7, 11) is 0. The summed E-state index contributed by atoms with van der Waals surface area (Å²) >= 11 is 0. The first-order chi connectivity index (χ1) is 3.75. The lowest BCUT2D eigenvalue weighted by molar-refractivity contribution is 0.145. The molecule has 0 amide bonds. The standard InChI is InChI=1S/C6H13NO/c1-2-6(8)4-3-5(4)7/h4-6,8H,2-3,7H2,1H3. The minimum atomic E-state index is -0.134. The van der Waals surface area contributed by atoms with Gasteiger partial charge in [0.25, 0.3) is 0 Å². The maximum Gasteiger partial charge on any atom is 0.0581 e. The van der Waals surface area contributed by atoms with Crippen LogP contribution in [0.2, 0.25) is 0 Å². The third kappa shape index (κ3) is 1.01. The fourth-order valence-corrected chi connectivity index (χ4v) is 0.981. The van der Waals surface area contributed by atoms with Crippen LogP contribution in [0.4, 0.5) is 0 Å². The SMILES string of the molecule is CCC(O)C1CC1N. The Balaban J connectivity index is 2.18. The molecule has 1 aliphatic rings. The fourth-order valence-electron chi connectivity index (χ4n) is 0.981. The summed E-state index contributed by atoms with van der Waals surface area (Å²) in [5.41, 5.74) is 5.48. The van der Waals surface area contributed by atoms with E-state index < -0.39 is 0 Å². The average Bonchev–Trinajstić information content (AvgIpc) is 2.45. The summed E-state index contributed by atoms with van der Waals surface area (Å²) in [4.78, 5) is 0. The molecule has 0 heterocycles. The van der Waals surface area contributed by atoms with E-state index in [-0.39, 0.29) is 6.10 Å². The quantitative estimate of drug-likeness (QED) is 0.536. The van der Waals surface area contributed by atoms with Crippen LogP contribution in [0.15, 0.2) is 0 Å². The van der Waals surface area contributed by atoms with E-state index in [9.17, 15) is 0 Å². The van der Waals surface area contributed by atoms with Crippen molar-refractivity contribution in [3.8, 4) is 0 Å². The summed E-state index contributed by atoms with van der Waals surface area (Å²) in [5.74, 6) is 0.417. The molecule has 0 aliphatic heterocycles. The van der Waals surface area contributed by atoms with Crippen molar-refractivity contribution >= 4 is 0 Å². The third-order valence-corrected chi connectivity index (χ3v) is 1.80. The highest BCUT2D eigenvalue weighted by Gasteiger charge is 2.38. The van der Waals surface area contributed by atoms with Crippen LogP contribution in [0.25, 0.3) is 0 Å². The monoisotopic (exact) mass is 115 g/mol. The number of rotatable bonds is 2. The van der Waals surface area contributed by atoms with Gasteiger partial charge in [0.2, 0.25) is 0 Å². The van der Waals surface area contributed by atoms with Crippen molar-refractivity contribution in [2.75, 3.05) is 0 Å². The Bertz CT molecular complexity index is 82.6. The lowest BCUT2D eigenvalue weighted by Crippen LogP contribution is -2.14. The Kier molecular flexibility index (Phi) is 1.54. The van der Waals surface area contributed by atoms with E-state index in [1.807, 2.05) is 6.92 Å². The van der Waals surface area contributed by atoms with E-state index >= 15 is 0 Å². The van der Waals surface area contributed by atoms with E-state index in [1.165, 1.54) is 0 Å². The predicted molar refractivity (Wildman–Crippen MR) is 32.4 cm³/mol. The van der Waals surface area contributed by atoms with Gasteiger partial charge in [0.1, 0.15) is 0 Å². The fraction of sp³-hybridized carbons (Fsp3) is 1.00. The zero-order valence-corrected chi connectivity index (χ0v) is 5.17. The Labute approximate surface area is 49.7 Å². The van der Waals surface area contributed by atoms with Gasteiger partial charge in [-0.1, -0.05) is 6.92 Å². The molecule has 0 aromatic rings. The van der Waals surface area contributed by atoms with Gasteiger partial charge in [0.05, 0.1) is 6.10 Å². The summed E-state index contributed by atoms with van der Waals surface area (Å²) in [6, 6.07) is 0.296. The number of hydrogen-bond donors (Lipinski definition) is 2. The molecular formula is C6H13NO. The summed E-state index contributed by atoms with van der Waals surface area (Å²) in [5, 5.41) is 9.09. The van der Waals surface area contributed by atoms with Crippen molar-refractivity contribution in [1.29, 1.82) is 0 Å². The summed E-state index contributed by atoms with van der Waals surface area (Å²) in [6.45, 7) is 1.98. The molecular weight excluding hydrogens is 102 g/mol. The number of aliphatic hydroxyl groups is 1. The van der Waals surface area contributed by atoms with Crippen LogP contribution in [-0.2, 0) is 0 Å². The van der Waals surface area contributed by atoms with Gasteiger partial charge in [-0.05, 0) is 12.8 Å². The molecule has 3 unspecified atom stereocenters. The van der Waals surface area contributed by atoms with Crippen molar-refractivity contribution in [2.24, 2.45) is 11.7 Å². The van der Waals surface area contributed by atoms with Crippen LogP contribution in [-0.4, -0.2) is 17.3 Å². The minimum absolute atomic E-state index is 0.134. The number of aliphatic hydroxyl groups excluding tert-OH is 1. The van der Waals surface area contributed by atoms with E-state index in [4.69, 9.17) is 10.8 Å². The van der Waals surface area contributed by atoms with Gasteiger partial charge in [-0.3, -0.25) is 0 Å². The van der Waals surface area contributed by atoms with Crippen molar-refractivity contribution < 1.29 is 5.11 Å². The number of nitrogens with two attached hydrogens (primary N) is 1. The van der Waals surface area contributed by atoms with Crippen molar-refractivity contribution in [3.63, 3.8) is 0 Å². The van der Waals surface area contributed by atoms with Gasteiger partial charge in [-0.25, -0.2) is 0 Å². The maximum absolute atomic E-state index is 9.09. The van der Waals surface area contributed by atoms with Crippen molar-refractivity contribution in [3.05, 3.63) is 0 Å². The lowest BCUT2D eigenvalue weighted by Gasteiger charge is -2.02. The molecule has 8 heavy (non-hydrogen) atoms. The molecule has 0 aromatic carbocycles. The van der Waals surface area contributed by atoms with E-state index in [0.29, 0.717) is 12.0 Å². The highest BCUT2D eigenvalue weighted by molar-refractivity contribution is 4.94. The Morgan fingerprint density at radius 2 is 2.38 bits per heavy atom. The largest absolute Gasteiger partial charge is 0.393 e. The van der Waals surface area contributed by atoms with Crippen LogP contribution >= 0.6 is 0 Å². The second-order valence-corrected chi connectivity index (χ2v) is 2.54. The van der Waals surface area contributed by atoms with Crippen LogP contribution in [0.5, 0.6) is 0 Å². The molecule has 3 N–H and O–H groups in total. The normalized spacial score (nSPS) is 39.4. The molecule has 1 aliphatic carbocycles. The zero-order valence-electron chi connectivity index (χ0n) is 5.17. The molecule has 0 spiro atoms. The molecule has 0 radical (unpaired) electrons. The Morgan fingerprint density at radius 1 is 1.88 bits per heavy atom. The van der Waals surface area contributed by atoms with Gasteiger partial charge in [0.15, 0.2) is 0 Å². The highest BCUT2D eigenvalue weighted by atomic mass is 16.3. The van der Waals surface area contributed by atoms with Gasteiger partial charge in [-0.2, -0.15) is 0 Å². The first kappa shape index (κ1) is 6.05. The molecule has 1 fully saturated rings. The second kappa shape index (κ2) is 2.03. The van der Waals surface area contributed by atoms with Crippen molar-refractivity contribution in [1.82, 2.24) is 0 Å². The highest BCUT2D eigenvalue weighted by Crippen LogP contribution is 2.32. The lowest BCUT2D eigenvalue weighted by atomic mass is 10.2. The van der Waals surface area contributed by atoms with Crippen LogP contribution in [0, 0.1) is 5.92 Å². The van der Waals surface area contributed by atoms with Gasteiger partial charge in [-0.15, -0.1) is 0 Å². The molecule has 0 aromatic heterocycles. The molecule has 2 nitrogen and oxygen atoms in total. The van der Waals surface area contributed by atoms with Crippen LogP contribution in [0.1, 0.15) is 19.8 Å². The number of hydrogen-bond acceptors (Lipinski definition) is 2. The van der Waals surface area contributed by atoms with E-state index in [0.717, 1.165) is 12.8 Å². The molecule has 2 heteroatoms. The first-order valence-corrected chi connectivity index (χ1v) is 3.19. The van der Waals surface area contributed by atoms with Gasteiger partial charge < -0.3 is 10.8 Å². The topological polar surface area (TPSA) is 46.2 Å². The summed E-state index contributed by atoms with van der Waals surface area (Å²) < 4.78 is 0. The molecule has 1 rings (SSSR count). The maximum atomic E-state index is 9.09. The van der Waals surface area contributed by atoms with Gasteiger partial charge in [0, 0.05) is 12.0 Å². The average molecular weight is 115 g/mol. The molecule has 48 valence electrons. The minimum Gasteiger partial charge on any atom is -0.393 e. The molecule has 0 saturated heterocycles.